The van der Waals surface area contributed by atoms with Crippen LogP contribution in [0.2, 0.25) is 0 Å². The highest BCUT2D eigenvalue weighted by Gasteiger charge is 2.56. The van der Waals surface area contributed by atoms with E-state index < -0.39 is 30.3 Å². The lowest BCUT2D eigenvalue weighted by Gasteiger charge is -2.39. The Morgan fingerprint density at radius 3 is 2.73 bits per heavy atom. The Bertz CT molecular complexity index is 708. The van der Waals surface area contributed by atoms with E-state index in [1.807, 2.05) is 6.07 Å². The average Bonchev–Trinajstić information content (AvgIpc) is 2.84. The molecule has 1 aromatic heterocycles. The van der Waals surface area contributed by atoms with Crippen LogP contribution < -0.4 is 10.2 Å². The number of carbonyl (C=O) groups is 1. The molecule has 4 rings (SSSR count). The van der Waals surface area contributed by atoms with Gasteiger partial charge in [-0.1, -0.05) is 0 Å². The van der Waals surface area contributed by atoms with Crippen molar-refractivity contribution < 1.29 is 29.6 Å². The molecule has 4 heterocycles. The molecule has 0 aliphatic carbocycles. The second-order valence-electron chi connectivity index (χ2n) is 6.86. The summed E-state index contributed by atoms with van der Waals surface area (Å²) in [5.74, 6) is 0.453. The van der Waals surface area contributed by atoms with E-state index in [9.17, 15) is 20.1 Å². The number of ether oxygens (including phenoxy) is 2. The maximum absolute atomic E-state index is 12.5. The summed E-state index contributed by atoms with van der Waals surface area (Å²) in [5, 5.41) is 32.9. The van der Waals surface area contributed by atoms with E-state index in [1.165, 1.54) is 11.8 Å². The van der Waals surface area contributed by atoms with Crippen LogP contribution in [-0.4, -0.2) is 81.8 Å². The molecule has 2 fully saturated rings. The molecule has 142 valence electrons. The maximum Gasteiger partial charge on any atom is 0.325 e. The molecule has 2 saturated heterocycles. The topological polar surface area (TPSA) is 128 Å². The summed E-state index contributed by atoms with van der Waals surface area (Å²) in [5.41, 5.74) is -0.110. The van der Waals surface area contributed by atoms with Crippen LogP contribution in [0, 0.1) is 0 Å². The van der Waals surface area contributed by atoms with Gasteiger partial charge in [-0.05, 0) is 13.0 Å². The quantitative estimate of drug-likeness (QED) is 0.528. The molecule has 10 nitrogen and oxygen atoms in total. The highest BCUT2D eigenvalue weighted by Crippen LogP contribution is 2.37. The van der Waals surface area contributed by atoms with Crippen LogP contribution >= 0.6 is 0 Å². The van der Waals surface area contributed by atoms with Crippen molar-refractivity contribution in [1.82, 2.24) is 9.88 Å². The molecule has 0 radical (unpaired) electrons. The molecule has 0 spiro atoms. The van der Waals surface area contributed by atoms with Gasteiger partial charge in [-0.3, -0.25) is 10.2 Å². The molecule has 2 amide bonds. The minimum absolute atomic E-state index is 0.127. The number of carbonyl (C=O) groups excluding carboxylic acids is 1. The number of hydrogen-bond acceptors (Lipinski definition) is 8. The van der Waals surface area contributed by atoms with E-state index in [2.05, 4.69) is 15.2 Å². The fraction of sp³-hybridized carbons (Fsp3) is 0.625. The predicted octanol–water partition coefficient (Wildman–Crippen LogP) is -0.948. The first-order valence-corrected chi connectivity index (χ1v) is 8.52. The van der Waals surface area contributed by atoms with Crippen LogP contribution in [0.4, 0.5) is 16.3 Å². The lowest BCUT2D eigenvalue weighted by atomic mass is 9.98. The molecular formula is C16H22N4O6. The summed E-state index contributed by atoms with van der Waals surface area (Å²) in [6, 6.07) is 1.35. The Balaban J connectivity index is 1.66. The Morgan fingerprint density at radius 2 is 2.08 bits per heavy atom. The molecule has 3 aliphatic heterocycles. The molecule has 0 aromatic carbocycles. The molecule has 4 atom stereocenters. The zero-order valence-electron chi connectivity index (χ0n) is 14.3. The van der Waals surface area contributed by atoms with Crippen LogP contribution in [-0.2, 0) is 16.0 Å². The first-order valence-electron chi connectivity index (χ1n) is 8.52. The third-order valence-corrected chi connectivity index (χ3v) is 5.12. The highest BCUT2D eigenvalue weighted by atomic mass is 16.7. The van der Waals surface area contributed by atoms with Crippen molar-refractivity contribution in [3.05, 3.63) is 17.8 Å². The Kier molecular flexibility index (Phi) is 4.24. The summed E-state index contributed by atoms with van der Waals surface area (Å²) in [7, 11) is 0. The summed E-state index contributed by atoms with van der Waals surface area (Å²) in [6.07, 6.45) is -2.65. The van der Waals surface area contributed by atoms with Gasteiger partial charge in [0.25, 0.3) is 0 Å². The van der Waals surface area contributed by atoms with Gasteiger partial charge in [0.2, 0.25) is 0 Å². The Morgan fingerprint density at radius 1 is 1.35 bits per heavy atom. The number of anilines is 2. The summed E-state index contributed by atoms with van der Waals surface area (Å²) >= 11 is 0. The number of amides is 2. The van der Waals surface area contributed by atoms with Gasteiger partial charge in [-0.25, -0.2) is 9.78 Å². The molecule has 1 aromatic rings. The van der Waals surface area contributed by atoms with Crippen LogP contribution in [0.1, 0.15) is 12.5 Å². The number of aliphatic hydroxyl groups is 3. The predicted molar refractivity (Wildman–Crippen MR) is 89.3 cm³/mol. The molecule has 1 unspecified atom stereocenters. The standard InChI is InChI=1S/C16H22N4O6/c1-16(24)11(21)13(22)26-14(16)20-8-9-10(19-4-6-25-7-5-19)2-3-17-12(9)18-15(20)23/h2-3,11,13-14,21-22,24H,4-8H2,1H3,(H,17,18,23)/t11-,13?,14-,16-/m1/s1. The first kappa shape index (κ1) is 17.4. The van der Waals surface area contributed by atoms with Crippen LogP contribution in [0.15, 0.2) is 12.3 Å². The normalized spacial score (nSPS) is 34.6. The van der Waals surface area contributed by atoms with Crippen LogP contribution in [0.3, 0.4) is 0 Å². The fourth-order valence-corrected chi connectivity index (χ4v) is 3.62. The number of morpholine rings is 1. The van der Waals surface area contributed by atoms with E-state index in [1.54, 1.807) is 6.20 Å². The number of hydrogen-bond donors (Lipinski definition) is 4. The second-order valence-corrected chi connectivity index (χ2v) is 6.86. The van der Waals surface area contributed by atoms with Gasteiger partial charge >= 0.3 is 6.03 Å². The molecule has 0 bridgehead atoms. The van der Waals surface area contributed by atoms with Crippen molar-refractivity contribution >= 4 is 17.5 Å². The second kappa shape index (κ2) is 6.32. The summed E-state index contributed by atoms with van der Waals surface area (Å²) in [6.45, 7) is 4.13. The number of pyridine rings is 1. The van der Waals surface area contributed by atoms with E-state index in [0.717, 1.165) is 24.3 Å². The minimum Gasteiger partial charge on any atom is -0.385 e. The minimum atomic E-state index is -1.81. The lowest BCUT2D eigenvalue weighted by molar-refractivity contribution is -0.155. The van der Waals surface area contributed by atoms with Gasteiger partial charge in [-0.2, -0.15) is 0 Å². The van der Waals surface area contributed by atoms with Gasteiger partial charge in [0.05, 0.1) is 19.8 Å². The number of aliphatic hydroxyl groups excluding tert-OH is 2. The molecule has 3 aliphatic rings. The molecule has 0 saturated carbocycles. The lowest BCUT2D eigenvalue weighted by Crippen LogP contribution is -2.56. The van der Waals surface area contributed by atoms with Gasteiger partial charge < -0.3 is 29.7 Å². The SMILES string of the molecule is C[C@@]1(O)[C@H](O)C(O)O[C@H]1N1Cc2c(N3CCOCC3)ccnc2NC1=O. The van der Waals surface area contributed by atoms with E-state index >= 15 is 0 Å². The van der Waals surface area contributed by atoms with Crippen molar-refractivity contribution in [2.75, 3.05) is 36.5 Å². The first-order chi connectivity index (χ1) is 12.4. The zero-order valence-corrected chi connectivity index (χ0v) is 14.3. The van der Waals surface area contributed by atoms with E-state index in [0.29, 0.717) is 19.0 Å². The highest BCUT2D eigenvalue weighted by molar-refractivity contribution is 5.92. The molecule has 4 N–H and O–H groups in total. The molecular weight excluding hydrogens is 344 g/mol. The summed E-state index contributed by atoms with van der Waals surface area (Å²) < 4.78 is 10.7. The van der Waals surface area contributed by atoms with Gasteiger partial charge in [0, 0.05) is 30.5 Å². The fourth-order valence-electron chi connectivity index (χ4n) is 3.62. The van der Waals surface area contributed by atoms with E-state index in [4.69, 9.17) is 9.47 Å². The number of aromatic nitrogens is 1. The Hall–Kier alpha value is -1.98. The third kappa shape index (κ3) is 2.70. The molecule has 26 heavy (non-hydrogen) atoms. The van der Waals surface area contributed by atoms with Crippen LogP contribution in [0.25, 0.3) is 0 Å². The average molecular weight is 366 g/mol. The largest absolute Gasteiger partial charge is 0.385 e. The molecule has 10 heteroatoms. The van der Waals surface area contributed by atoms with Gasteiger partial charge in [0.1, 0.15) is 17.5 Å². The maximum atomic E-state index is 12.5. The number of rotatable bonds is 2. The van der Waals surface area contributed by atoms with Crippen molar-refractivity contribution in [2.24, 2.45) is 0 Å². The summed E-state index contributed by atoms with van der Waals surface area (Å²) in [4.78, 5) is 20.2. The van der Waals surface area contributed by atoms with Gasteiger partial charge in [-0.15, -0.1) is 0 Å². The number of urea groups is 1. The van der Waals surface area contributed by atoms with Crippen molar-refractivity contribution in [3.8, 4) is 0 Å². The monoisotopic (exact) mass is 366 g/mol. The van der Waals surface area contributed by atoms with Crippen molar-refractivity contribution in [3.63, 3.8) is 0 Å². The van der Waals surface area contributed by atoms with Gasteiger partial charge in [0.15, 0.2) is 12.5 Å². The van der Waals surface area contributed by atoms with E-state index in [-0.39, 0.29) is 6.54 Å². The number of nitrogens with zero attached hydrogens (tertiary/aromatic N) is 3. The zero-order chi connectivity index (χ0) is 18.5. The van der Waals surface area contributed by atoms with Crippen LogP contribution in [0.5, 0.6) is 0 Å². The van der Waals surface area contributed by atoms with Crippen molar-refractivity contribution in [1.29, 1.82) is 0 Å². The smallest absolute Gasteiger partial charge is 0.325 e. The Labute approximate surface area is 149 Å². The number of nitrogens with one attached hydrogen (secondary N) is 1. The number of fused-ring (bicyclic) bond motifs is 1. The third-order valence-electron chi connectivity index (χ3n) is 5.12. The van der Waals surface area contributed by atoms with Crippen molar-refractivity contribution in [2.45, 2.75) is 37.7 Å².